The van der Waals surface area contributed by atoms with E-state index < -0.39 is 0 Å². The van der Waals surface area contributed by atoms with Crippen LogP contribution in [-0.4, -0.2) is 59.5 Å². The molecule has 32 heavy (non-hydrogen) atoms. The van der Waals surface area contributed by atoms with Gasteiger partial charge >= 0.3 is 6.09 Å². The number of hydrogen-bond donors (Lipinski definition) is 1. The Bertz CT molecular complexity index is 1010. The summed E-state index contributed by atoms with van der Waals surface area (Å²) in [5, 5.41) is 3.55. The van der Waals surface area contributed by atoms with Gasteiger partial charge in [-0.15, -0.1) is 0 Å². The number of aromatic nitrogens is 2. The normalized spacial score (nSPS) is 22.2. The van der Waals surface area contributed by atoms with E-state index >= 15 is 0 Å². The predicted molar refractivity (Wildman–Crippen MR) is 118 cm³/mol. The average molecular weight is 458 g/mol. The fourth-order valence-electron chi connectivity index (χ4n) is 3.94. The van der Waals surface area contributed by atoms with Gasteiger partial charge in [0.15, 0.2) is 5.69 Å². The van der Waals surface area contributed by atoms with Crippen molar-refractivity contribution in [1.29, 1.82) is 0 Å². The molecule has 0 radical (unpaired) electrons. The Hall–Kier alpha value is -3.09. The molecule has 2 aliphatic rings. The molecule has 2 aromatic rings. The van der Waals surface area contributed by atoms with Crippen molar-refractivity contribution in [3.63, 3.8) is 0 Å². The molecule has 0 aliphatic carbocycles. The first-order valence-electron chi connectivity index (χ1n) is 10.4. The van der Waals surface area contributed by atoms with Gasteiger partial charge in [0.2, 0.25) is 5.88 Å². The second-order valence-electron chi connectivity index (χ2n) is 8.12. The molecule has 2 unspecified atom stereocenters. The molecule has 2 aliphatic heterocycles. The Morgan fingerprint density at radius 1 is 1.28 bits per heavy atom. The first-order chi connectivity index (χ1) is 15.4. The molecule has 0 saturated carbocycles. The van der Waals surface area contributed by atoms with Gasteiger partial charge in [0.1, 0.15) is 18.2 Å². The minimum atomic E-state index is -0.301. The van der Waals surface area contributed by atoms with Crippen molar-refractivity contribution >= 4 is 34.9 Å². The molecule has 1 amide bonds. The van der Waals surface area contributed by atoms with Crippen molar-refractivity contribution in [1.82, 2.24) is 14.9 Å². The summed E-state index contributed by atoms with van der Waals surface area (Å²) >= 11 is 6.25. The molecule has 3 heterocycles. The van der Waals surface area contributed by atoms with Gasteiger partial charge in [-0.25, -0.2) is 19.6 Å². The molecular formula is C22H24ClN5O4. The summed E-state index contributed by atoms with van der Waals surface area (Å²) in [6.07, 6.45) is 0.826. The number of carbonyl (C=O) groups is 1. The van der Waals surface area contributed by atoms with Crippen LogP contribution in [0.15, 0.2) is 30.6 Å². The number of amides is 1. The van der Waals surface area contributed by atoms with E-state index in [-0.39, 0.29) is 30.1 Å². The van der Waals surface area contributed by atoms with Crippen LogP contribution in [0, 0.1) is 18.4 Å². The molecule has 168 valence electrons. The fraction of sp³-hybridized carbons (Fsp3) is 0.455. The zero-order valence-corrected chi connectivity index (χ0v) is 18.6. The highest BCUT2D eigenvalue weighted by Crippen LogP contribution is 2.33. The van der Waals surface area contributed by atoms with Gasteiger partial charge in [-0.1, -0.05) is 17.7 Å². The van der Waals surface area contributed by atoms with Crippen LogP contribution in [0.4, 0.5) is 22.0 Å². The number of nitrogens with one attached hydrogen (secondary N) is 1. The third kappa shape index (κ3) is 5.03. The number of piperidine rings is 1. The van der Waals surface area contributed by atoms with Gasteiger partial charge in [0.05, 0.1) is 36.6 Å². The SMILES string of the molecule is [C-]#[N+]c1ccc(Nc2cc(OC3C4COCC3CN(C(=O)OC(C)C)C4)ncn2)c(Cl)c1. The summed E-state index contributed by atoms with van der Waals surface area (Å²) in [5.41, 5.74) is 1.09. The third-order valence-electron chi connectivity index (χ3n) is 5.34. The van der Waals surface area contributed by atoms with Gasteiger partial charge in [0.25, 0.3) is 0 Å². The number of hydrogen-bond acceptors (Lipinski definition) is 7. The summed E-state index contributed by atoms with van der Waals surface area (Å²) in [7, 11) is 0. The number of fused-ring (bicyclic) bond motifs is 2. The Morgan fingerprint density at radius 3 is 2.69 bits per heavy atom. The Labute approximate surface area is 191 Å². The minimum absolute atomic E-state index is 0.0178. The second kappa shape index (κ2) is 9.59. The Kier molecular flexibility index (Phi) is 6.63. The maximum Gasteiger partial charge on any atom is 0.410 e. The lowest BCUT2D eigenvalue weighted by molar-refractivity contribution is -0.111. The molecule has 2 bridgehead atoms. The summed E-state index contributed by atoms with van der Waals surface area (Å²) in [6.45, 7) is 12.8. The lowest BCUT2D eigenvalue weighted by Gasteiger charge is -2.45. The Balaban J connectivity index is 1.44. The smallest absolute Gasteiger partial charge is 0.410 e. The van der Waals surface area contributed by atoms with Crippen LogP contribution in [0.25, 0.3) is 4.85 Å². The van der Waals surface area contributed by atoms with Crippen molar-refractivity contribution in [2.45, 2.75) is 26.1 Å². The number of halogens is 1. The van der Waals surface area contributed by atoms with Crippen LogP contribution in [0.3, 0.4) is 0 Å². The fourth-order valence-corrected chi connectivity index (χ4v) is 4.16. The highest BCUT2D eigenvalue weighted by atomic mass is 35.5. The third-order valence-corrected chi connectivity index (χ3v) is 5.65. The predicted octanol–water partition coefficient (Wildman–Crippen LogP) is 4.29. The number of anilines is 2. The minimum Gasteiger partial charge on any atom is -0.473 e. The molecule has 9 nitrogen and oxygen atoms in total. The van der Waals surface area contributed by atoms with Gasteiger partial charge in [0, 0.05) is 31.0 Å². The lowest BCUT2D eigenvalue weighted by atomic mass is 9.84. The van der Waals surface area contributed by atoms with E-state index in [9.17, 15) is 4.79 Å². The molecule has 10 heteroatoms. The first-order valence-corrected chi connectivity index (χ1v) is 10.8. The van der Waals surface area contributed by atoms with Gasteiger partial charge in [-0.2, -0.15) is 0 Å². The number of ether oxygens (including phenoxy) is 3. The van der Waals surface area contributed by atoms with Crippen molar-refractivity contribution < 1.29 is 19.0 Å². The van der Waals surface area contributed by atoms with E-state index in [0.29, 0.717) is 54.4 Å². The largest absolute Gasteiger partial charge is 0.473 e. The van der Waals surface area contributed by atoms with E-state index in [2.05, 4.69) is 20.1 Å². The van der Waals surface area contributed by atoms with Crippen molar-refractivity contribution in [2.24, 2.45) is 11.8 Å². The standard InChI is InChI=1S/C22H24ClN5O4/c1-13(2)31-22(29)28-8-14-10-30-11-15(9-28)21(14)32-20-7-19(25-12-26-20)27-18-5-4-16(24-3)6-17(18)23/h4-7,12-15,21H,8-11H2,1-2H3,(H,25,26,27). The number of benzene rings is 1. The second-order valence-corrected chi connectivity index (χ2v) is 8.53. The zero-order valence-electron chi connectivity index (χ0n) is 17.8. The molecule has 1 aromatic carbocycles. The number of rotatable bonds is 5. The maximum absolute atomic E-state index is 12.4. The van der Waals surface area contributed by atoms with Crippen LogP contribution in [0.1, 0.15) is 13.8 Å². The molecule has 1 N–H and O–H groups in total. The number of nitrogens with zero attached hydrogens (tertiary/aromatic N) is 4. The van der Waals surface area contributed by atoms with E-state index in [4.69, 9.17) is 32.4 Å². The monoisotopic (exact) mass is 457 g/mol. The summed E-state index contributed by atoms with van der Waals surface area (Å²) in [5.74, 6) is 0.983. The van der Waals surface area contributed by atoms with Gasteiger partial charge < -0.3 is 24.4 Å². The summed E-state index contributed by atoms with van der Waals surface area (Å²) < 4.78 is 17.3. The molecule has 1 aromatic heterocycles. The van der Waals surface area contributed by atoms with Crippen LogP contribution in [0.5, 0.6) is 5.88 Å². The Morgan fingerprint density at radius 2 is 2.03 bits per heavy atom. The topological polar surface area (TPSA) is 90.2 Å². The summed E-state index contributed by atoms with van der Waals surface area (Å²) in [4.78, 5) is 25.9. The van der Waals surface area contributed by atoms with Crippen LogP contribution in [-0.2, 0) is 9.47 Å². The van der Waals surface area contributed by atoms with Crippen LogP contribution < -0.4 is 10.1 Å². The highest BCUT2D eigenvalue weighted by Gasteiger charge is 2.44. The van der Waals surface area contributed by atoms with Crippen molar-refractivity contribution in [3.8, 4) is 5.88 Å². The quantitative estimate of drug-likeness (QED) is 0.669. The van der Waals surface area contributed by atoms with E-state index in [0.717, 1.165) is 0 Å². The molecule has 2 fully saturated rings. The molecule has 0 spiro atoms. The van der Waals surface area contributed by atoms with Gasteiger partial charge in [-0.05, 0) is 26.0 Å². The van der Waals surface area contributed by atoms with Crippen molar-refractivity contribution in [3.05, 3.63) is 47.0 Å². The zero-order chi connectivity index (χ0) is 22.7. The lowest BCUT2D eigenvalue weighted by Crippen LogP contribution is -2.58. The molecule has 4 rings (SSSR count). The summed E-state index contributed by atoms with van der Waals surface area (Å²) in [6, 6.07) is 6.70. The van der Waals surface area contributed by atoms with Crippen molar-refractivity contribution in [2.75, 3.05) is 31.6 Å². The average Bonchev–Trinajstić information content (AvgIpc) is 2.74. The van der Waals surface area contributed by atoms with Crippen LogP contribution >= 0.6 is 11.6 Å². The number of carbonyl (C=O) groups excluding carboxylic acids is 1. The molecule has 2 saturated heterocycles. The first kappa shape index (κ1) is 22.1. The van der Waals surface area contributed by atoms with Gasteiger partial charge in [-0.3, -0.25) is 0 Å². The molecular weight excluding hydrogens is 434 g/mol. The van der Waals surface area contributed by atoms with E-state index in [1.54, 1.807) is 29.2 Å². The van der Waals surface area contributed by atoms with Crippen LogP contribution in [0.2, 0.25) is 5.02 Å². The maximum atomic E-state index is 12.4. The highest BCUT2D eigenvalue weighted by molar-refractivity contribution is 6.33. The van der Waals surface area contributed by atoms with E-state index in [1.165, 1.54) is 6.33 Å². The molecule has 2 atom stereocenters. The van der Waals surface area contributed by atoms with E-state index in [1.807, 2.05) is 13.8 Å². The number of likely N-dealkylation sites (tertiary alicyclic amines) is 1.